The van der Waals surface area contributed by atoms with Crippen LogP contribution in [-0.2, 0) is 14.1 Å². The topological polar surface area (TPSA) is 53.2 Å². The monoisotopic (exact) mass is 236 g/mol. The molecule has 1 aromatic heterocycles. The molecule has 1 fully saturated rings. The second-order valence-electron chi connectivity index (χ2n) is 4.97. The predicted octanol–water partition coefficient (Wildman–Crippen LogP) is 0.503. The van der Waals surface area contributed by atoms with Crippen molar-refractivity contribution in [3.8, 4) is 5.88 Å². The summed E-state index contributed by atoms with van der Waals surface area (Å²) in [6.45, 7) is 0. The zero-order chi connectivity index (χ0) is 12.2. The fraction of sp³-hybridized carbons (Fsp3) is 0.667. The number of rotatable bonds is 0. The molecule has 5 heteroatoms. The van der Waals surface area contributed by atoms with Crippen LogP contribution in [-0.4, -0.2) is 15.2 Å². The van der Waals surface area contributed by atoms with Crippen molar-refractivity contribution in [1.29, 1.82) is 0 Å². The molecule has 2 atom stereocenters. The van der Waals surface area contributed by atoms with Gasteiger partial charge in [-0.05, 0) is 19.3 Å². The van der Waals surface area contributed by atoms with Crippen molar-refractivity contribution in [2.45, 2.75) is 37.7 Å². The summed E-state index contributed by atoms with van der Waals surface area (Å²) in [7, 11) is 3.19. The lowest BCUT2D eigenvalue weighted by atomic mass is 9.84. The molecule has 5 nitrogen and oxygen atoms in total. The van der Waals surface area contributed by atoms with Gasteiger partial charge in [-0.1, -0.05) is 6.42 Å². The Kier molecular flexibility index (Phi) is 2.18. The summed E-state index contributed by atoms with van der Waals surface area (Å²) in [4.78, 5) is 24.0. The molecule has 2 aliphatic rings. The SMILES string of the molecule is Cn1c2c(c(=O)n(C)c1=O)C1CCCCC1O2. The van der Waals surface area contributed by atoms with Crippen molar-refractivity contribution in [2.24, 2.45) is 14.1 Å². The van der Waals surface area contributed by atoms with Crippen LogP contribution in [0.5, 0.6) is 5.88 Å². The number of ether oxygens (including phenoxy) is 1. The Balaban J connectivity index is 2.27. The first-order valence-corrected chi connectivity index (χ1v) is 6.08. The summed E-state index contributed by atoms with van der Waals surface area (Å²) in [5.41, 5.74) is 0.212. The van der Waals surface area contributed by atoms with Crippen molar-refractivity contribution in [3.63, 3.8) is 0 Å². The summed E-state index contributed by atoms with van der Waals surface area (Å²) in [5, 5.41) is 0. The van der Waals surface area contributed by atoms with Gasteiger partial charge in [0.25, 0.3) is 5.56 Å². The maximum absolute atomic E-state index is 12.2. The van der Waals surface area contributed by atoms with Crippen LogP contribution >= 0.6 is 0 Å². The Morgan fingerprint density at radius 1 is 1.12 bits per heavy atom. The standard InChI is InChI=1S/C12H16N2O3/c1-13-10(15)9-7-5-3-4-6-8(7)17-11(9)14(2)12(13)16/h7-8H,3-6H2,1-2H3. The number of fused-ring (bicyclic) bond motifs is 3. The van der Waals surface area contributed by atoms with Crippen LogP contribution in [0.15, 0.2) is 9.59 Å². The average molecular weight is 236 g/mol. The molecule has 2 heterocycles. The van der Waals surface area contributed by atoms with Gasteiger partial charge in [0.2, 0.25) is 5.88 Å². The van der Waals surface area contributed by atoms with Crippen LogP contribution in [0.25, 0.3) is 0 Å². The highest BCUT2D eigenvalue weighted by Gasteiger charge is 2.40. The molecule has 1 saturated carbocycles. The molecule has 0 N–H and O–H groups in total. The van der Waals surface area contributed by atoms with Crippen LogP contribution in [0.3, 0.4) is 0 Å². The lowest BCUT2D eigenvalue weighted by Gasteiger charge is -2.23. The largest absolute Gasteiger partial charge is 0.474 e. The predicted molar refractivity (Wildman–Crippen MR) is 62.5 cm³/mol. The van der Waals surface area contributed by atoms with E-state index in [0.717, 1.165) is 25.7 Å². The second-order valence-corrected chi connectivity index (χ2v) is 4.97. The van der Waals surface area contributed by atoms with Gasteiger partial charge in [-0.15, -0.1) is 0 Å². The fourth-order valence-electron chi connectivity index (χ4n) is 3.02. The van der Waals surface area contributed by atoms with E-state index in [4.69, 9.17) is 4.74 Å². The molecule has 0 bridgehead atoms. The average Bonchev–Trinajstić information content (AvgIpc) is 2.73. The molecule has 92 valence electrons. The molecule has 0 saturated heterocycles. The van der Waals surface area contributed by atoms with Gasteiger partial charge in [-0.3, -0.25) is 13.9 Å². The van der Waals surface area contributed by atoms with E-state index in [1.807, 2.05) is 0 Å². The third-order valence-corrected chi connectivity index (χ3v) is 3.98. The number of aromatic nitrogens is 2. The lowest BCUT2D eigenvalue weighted by Crippen LogP contribution is -2.38. The van der Waals surface area contributed by atoms with E-state index < -0.39 is 0 Å². The lowest BCUT2D eigenvalue weighted by molar-refractivity contribution is 0.154. The zero-order valence-electron chi connectivity index (χ0n) is 10.1. The Morgan fingerprint density at radius 2 is 1.82 bits per heavy atom. The Morgan fingerprint density at radius 3 is 2.59 bits per heavy atom. The molecular weight excluding hydrogens is 220 g/mol. The smallest absolute Gasteiger partial charge is 0.333 e. The number of hydrogen-bond acceptors (Lipinski definition) is 3. The first kappa shape index (κ1) is 10.6. The quantitative estimate of drug-likeness (QED) is 0.659. The van der Waals surface area contributed by atoms with E-state index in [0.29, 0.717) is 11.4 Å². The van der Waals surface area contributed by atoms with Gasteiger partial charge >= 0.3 is 5.69 Å². The van der Waals surface area contributed by atoms with Crippen molar-refractivity contribution in [1.82, 2.24) is 9.13 Å². The van der Waals surface area contributed by atoms with Gasteiger partial charge < -0.3 is 4.74 Å². The van der Waals surface area contributed by atoms with E-state index in [-0.39, 0.29) is 23.3 Å². The number of hydrogen-bond donors (Lipinski definition) is 0. The minimum Gasteiger partial charge on any atom is -0.474 e. The summed E-state index contributed by atoms with van der Waals surface area (Å²) < 4.78 is 8.44. The molecule has 17 heavy (non-hydrogen) atoms. The molecule has 2 unspecified atom stereocenters. The van der Waals surface area contributed by atoms with Crippen molar-refractivity contribution >= 4 is 0 Å². The highest BCUT2D eigenvalue weighted by atomic mass is 16.5. The fourth-order valence-corrected chi connectivity index (χ4v) is 3.02. The van der Waals surface area contributed by atoms with E-state index in [1.165, 1.54) is 16.2 Å². The van der Waals surface area contributed by atoms with Crippen LogP contribution in [0.2, 0.25) is 0 Å². The summed E-state index contributed by atoms with van der Waals surface area (Å²) in [6, 6.07) is 0. The van der Waals surface area contributed by atoms with Gasteiger partial charge in [-0.25, -0.2) is 4.79 Å². The summed E-state index contributed by atoms with van der Waals surface area (Å²) in [6.07, 6.45) is 4.35. The third kappa shape index (κ3) is 1.31. The van der Waals surface area contributed by atoms with Crippen molar-refractivity contribution in [3.05, 3.63) is 26.4 Å². The van der Waals surface area contributed by atoms with Crippen LogP contribution < -0.4 is 16.0 Å². The molecule has 0 spiro atoms. The minimum atomic E-state index is -0.313. The van der Waals surface area contributed by atoms with Gasteiger partial charge in [0.1, 0.15) is 6.10 Å². The van der Waals surface area contributed by atoms with Crippen molar-refractivity contribution in [2.75, 3.05) is 0 Å². The maximum atomic E-state index is 12.2. The molecule has 0 amide bonds. The van der Waals surface area contributed by atoms with Gasteiger partial charge in [0, 0.05) is 20.0 Å². The Hall–Kier alpha value is -1.52. The van der Waals surface area contributed by atoms with Gasteiger partial charge in [-0.2, -0.15) is 0 Å². The summed E-state index contributed by atoms with van der Waals surface area (Å²) in [5.74, 6) is 0.680. The molecule has 1 aliphatic carbocycles. The Bertz CT molecular complexity index is 585. The van der Waals surface area contributed by atoms with Gasteiger partial charge in [0.15, 0.2) is 0 Å². The van der Waals surface area contributed by atoms with E-state index in [9.17, 15) is 9.59 Å². The first-order chi connectivity index (χ1) is 8.11. The van der Waals surface area contributed by atoms with Crippen molar-refractivity contribution < 1.29 is 4.74 Å². The maximum Gasteiger partial charge on any atom is 0.333 e. The molecule has 3 rings (SSSR count). The third-order valence-electron chi connectivity index (χ3n) is 3.98. The highest BCUT2D eigenvalue weighted by molar-refractivity contribution is 5.34. The number of nitrogens with zero attached hydrogens (tertiary/aromatic N) is 2. The van der Waals surface area contributed by atoms with E-state index in [2.05, 4.69) is 0 Å². The second kappa shape index (κ2) is 3.48. The van der Waals surface area contributed by atoms with Crippen LogP contribution in [0, 0.1) is 0 Å². The summed E-state index contributed by atoms with van der Waals surface area (Å²) >= 11 is 0. The first-order valence-electron chi connectivity index (χ1n) is 6.08. The van der Waals surface area contributed by atoms with E-state index >= 15 is 0 Å². The zero-order valence-corrected chi connectivity index (χ0v) is 10.1. The van der Waals surface area contributed by atoms with Gasteiger partial charge in [0.05, 0.1) is 5.56 Å². The molecule has 1 aromatic rings. The molecule has 0 aromatic carbocycles. The van der Waals surface area contributed by atoms with Crippen LogP contribution in [0.4, 0.5) is 0 Å². The normalized spacial score (nSPS) is 26.2. The molecule has 1 aliphatic heterocycles. The Labute approximate surface area is 98.6 Å². The van der Waals surface area contributed by atoms with E-state index in [1.54, 1.807) is 7.05 Å². The van der Waals surface area contributed by atoms with Crippen LogP contribution in [0.1, 0.15) is 37.2 Å². The highest BCUT2D eigenvalue weighted by Crippen LogP contribution is 2.42. The minimum absolute atomic E-state index is 0.0967. The molecule has 0 radical (unpaired) electrons. The molecular formula is C12H16N2O3.